The molecule has 5 nitrogen and oxygen atoms in total. The summed E-state index contributed by atoms with van der Waals surface area (Å²) in [5.74, 6) is 0.566. The molecule has 0 saturated heterocycles. The first-order valence-electron chi connectivity index (χ1n) is 5.84. The van der Waals surface area contributed by atoms with E-state index in [1.807, 2.05) is 37.4 Å². The zero-order chi connectivity index (χ0) is 13.7. The van der Waals surface area contributed by atoms with E-state index in [1.54, 1.807) is 11.7 Å². The topological polar surface area (TPSA) is 66.5 Å². The summed E-state index contributed by atoms with van der Waals surface area (Å²) in [6.45, 7) is 0. The molecule has 1 N–H and O–H groups in total. The first-order valence-corrected chi connectivity index (χ1v) is 6.83. The highest BCUT2D eigenvalue weighted by molar-refractivity contribution is 7.99. The molecule has 0 radical (unpaired) electrons. The van der Waals surface area contributed by atoms with Gasteiger partial charge in [-0.25, -0.2) is 9.67 Å². The average molecular weight is 273 g/mol. The lowest BCUT2D eigenvalue weighted by Gasteiger charge is -2.25. The number of nitrogens with zero attached hydrogens (tertiary/aromatic N) is 4. The summed E-state index contributed by atoms with van der Waals surface area (Å²) in [4.78, 5) is 4.16. The standard InChI is InChI=1S/C13H15N5S/c1-15-13(8-14,11-6-4-3-5-7-11)9-19-12-16-10-17-18(12)2/h3-7,10,15H,9H2,1-2H3. The Morgan fingerprint density at radius 2 is 2.16 bits per heavy atom. The van der Waals surface area contributed by atoms with Gasteiger partial charge in [0.2, 0.25) is 0 Å². The van der Waals surface area contributed by atoms with Gasteiger partial charge in [-0.05, 0) is 12.6 Å². The van der Waals surface area contributed by atoms with E-state index >= 15 is 0 Å². The van der Waals surface area contributed by atoms with Crippen LogP contribution in [0.15, 0.2) is 41.8 Å². The Labute approximate surface area is 116 Å². The van der Waals surface area contributed by atoms with Gasteiger partial charge >= 0.3 is 0 Å². The minimum Gasteiger partial charge on any atom is -0.298 e. The minimum atomic E-state index is -0.724. The van der Waals surface area contributed by atoms with Gasteiger partial charge in [0.15, 0.2) is 5.16 Å². The summed E-state index contributed by atoms with van der Waals surface area (Å²) in [5.41, 5.74) is 0.229. The summed E-state index contributed by atoms with van der Waals surface area (Å²) in [6, 6.07) is 12.1. The minimum absolute atomic E-state index is 0.566. The van der Waals surface area contributed by atoms with Crippen molar-refractivity contribution in [1.29, 1.82) is 5.26 Å². The van der Waals surface area contributed by atoms with Crippen LogP contribution in [0.4, 0.5) is 0 Å². The van der Waals surface area contributed by atoms with Crippen LogP contribution in [0.5, 0.6) is 0 Å². The first kappa shape index (κ1) is 13.6. The average Bonchev–Trinajstić information content (AvgIpc) is 2.87. The van der Waals surface area contributed by atoms with E-state index in [9.17, 15) is 5.26 Å². The van der Waals surface area contributed by atoms with Crippen LogP contribution in [0.1, 0.15) is 5.56 Å². The second-order valence-electron chi connectivity index (χ2n) is 4.09. The predicted octanol–water partition coefficient (Wildman–Crippen LogP) is 1.55. The van der Waals surface area contributed by atoms with Crippen molar-refractivity contribution in [2.45, 2.75) is 10.7 Å². The lowest BCUT2D eigenvalue weighted by Crippen LogP contribution is -2.41. The van der Waals surface area contributed by atoms with Gasteiger partial charge < -0.3 is 0 Å². The molecule has 1 aromatic heterocycles. The number of hydrogen-bond acceptors (Lipinski definition) is 5. The summed E-state index contributed by atoms with van der Waals surface area (Å²) >= 11 is 1.51. The number of nitriles is 1. The molecule has 1 atom stereocenters. The predicted molar refractivity (Wildman–Crippen MR) is 74.5 cm³/mol. The number of nitrogens with one attached hydrogen (secondary N) is 1. The maximum absolute atomic E-state index is 9.56. The van der Waals surface area contributed by atoms with E-state index in [4.69, 9.17) is 0 Å². The van der Waals surface area contributed by atoms with Crippen molar-refractivity contribution in [3.8, 4) is 6.07 Å². The van der Waals surface area contributed by atoms with Crippen LogP contribution >= 0.6 is 11.8 Å². The molecule has 0 amide bonds. The summed E-state index contributed by atoms with van der Waals surface area (Å²) in [7, 11) is 3.64. The highest BCUT2D eigenvalue weighted by Crippen LogP contribution is 2.27. The van der Waals surface area contributed by atoms with Crippen molar-refractivity contribution in [3.05, 3.63) is 42.2 Å². The molecule has 0 aliphatic carbocycles. The second kappa shape index (κ2) is 5.87. The highest BCUT2D eigenvalue weighted by atomic mass is 32.2. The van der Waals surface area contributed by atoms with E-state index in [2.05, 4.69) is 21.5 Å². The number of aryl methyl sites for hydroxylation is 1. The van der Waals surface area contributed by atoms with Crippen LogP contribution in [0.3, 0.4) is 0 Å². The second-order valence-corrected chi connectivity index (χ2v) is 5.03. The summed E-state index contributed by atoms with van der Waals surface area (Å²) in [5, 5.41) is 17.5. The van der Waals surface area contributed by atoms with E-state index in [-0.39, 0.29) is 0 Å². The van der Waals surface area contributed by atoms with Crippen LogP contribution < -0.4 is 5.32 Å². The normalized spacial score (nSPS) is 13.7. The Bertz CT molecular complexity index is 574. The maximum Gasteiger partial charge on any atom is 0.185 e. The molecule has 0 fully saturated rings. The molecule has 0 aliphatic rings. The van der Waals surface area contributed by atoms with Crippen LogP contribution in [-0.2, 0) is 12.6 Å². The molecule has 2 rings (SSSR count). The van der Waals surface area contributed by atoms with Gasteiger partial charge in [-0.1, -0.05) is 42.1 Å². The Balaban J connectivity index is 2.22. The number of hydrogen-bond donors (Lipinski definition) is 1. The SMILES string of the molecule is CNC(C#N)(CSc1ncnn1C)c1ccccc1. The third kappa shape index (κ3) is 2.78. The van der Waals surface area contributed by atoms with E-state index in [1.165, 1.54) is 18.1 Å². The summed E-state index contributed by atoms with van der Waals surface area (Å²) < 4.78 is 1.70. The monoisotopic (exact) mass is 273 g/mol. The molecule has 0 bridgehead atoms. The van der Waals surface area contributed by atoms with Gasteiger partial charge in [0.25, 0.3) is 0 Å². The van der Waals surface area contributed by atoms with E-state index in [0.29, 0.717) is 5.75 Å². The van der Waals surface area contributed by atoms with Gasteiger partial charge in [-0.2, -0.15) is 10.4 Å². The van der Waals surface area contributed by atoms with Crippen molar-refractivity contribution >= 4 is 11.8 Å². The number of benzene rings is 1. The van der Waals surface area contributed by atoms with Gasteiger partial charge in [0, 0.05) is 12.8 Å². The van der Waals surface area contributed by atoms with Crippen LogP contribution in [0.2, 0.25) is 0 Å². The first-order chi connectivity index (χ1) is 9.22. The molecule has 6 heteroatoms. The van der Waals surface area contributed by atoms with Crippen molar-refractivity contribution in [2.24, 2.45) is 7.05 Å². The van der Waals surface area contributed by atoms with Gasteiger partial charge in [-0.15, -0.1) is 0 Å². The number of thioether (sulfide) groups is 1. The lowest BCUT2D eigenvalue weighted by molar-refractivity contribution is 0.526. The molecular formula is C13H15N5S. The van der Waals surface area contributed by atoms with E-state index < -0.39 is 5.54 Å². The zero-order valence-electron chi connectivity index (χ0n) is 10.9. The maximum atomic E-state index is 9.56. The van der Waals surface area contributed by atoms with Crippen LogP contribution in [0.25, 0.3) is 0 Å². The van der Waals surface area contributed by atoms with Crippen molar-refractivity contribution in [1.82, 2.24) is 20.1 Å². The van der Waals surface area contributed by atoms with Crippen molar-refractivity contribution in [2.75, 3.05) is 12.8 Å². The molecular weight excluding hydrogens is 258 g/mol. The smallest absolute Gasteiger partial charge is 0.185 e. The van der Waals surface area contributed by atoms with Crippen molar-refractivity contribution < 1.29 is 0 Å². The highest BCUT2D eigenvalue weighted by Gasteiger charge is 2.31. The fourth-order valence-electron chi connectivity index (χ4n) is 1.76. The summed E-state index contributed by atoms with van der Waals surface area (Å²) in [6.07, 6.45) is 1.51. The quantitative estimate of drug-likeness (QED) is 0.837. The fourth-order valence-corrected chi connectivity index (χ4v) is 2.84. The Morgan fingerprint density at radius 3 is 2.68 bits per heavy atom. The molecule has 1 aromatic carbocycles. The number of aromatic nitrogens is 3. The molecule has 19 heavy (non-hydrogen) atoms. The third-order valence-corrected chi connectivity index (χ3v) is 4.18. The van der Waals surface area contributed by atoms with Gasteiger partial charge in [0.1, 0.15) is 11.9 Å². The Morgan fingerprint density at radius 1 is 1.42 bits per heavy atom. The van der Waals surface area contributed by atoms with Crippen LogP contribution in [0, 0.1) is 11.3 Å². The van der Waals surface area contributed by atoms with Gasteiger partial charge in [-0.3, -0.25) is 5.32 Å². The van der Waals surface area contributed by atoms with Gasteiger partial charge in [0.05, 0.1) is 6.07 Å². The molecule has 98 valence electrons. The van der Waals surface area contributed by atoms with Crippen LogP contribution in [-0.4, -0.2) is 27.6 Å². The fraction of sp³-hybridized carbons (Fsp3) is 0.308. The molecule has 1 heterocycles. The molecule has 1 unspecified atom stereocenters. The molecule has 2 aromatic rings. The molecule has 0 aliphatic heterocycles. The molecule has 0 spiro atoms. The lowest BCUT2D eigenvalue weighted by atomic mass is 9.94. The van der Waals surface area contributed by atoms with Crippen molar-refractivity contribution in [3.63, 3.8) is 0 Å². The molecule has 0 saturated carbocycles. The van der Waals surface area contributed by atoms with E-state index in [0.717, 1.165) is 10.7 Å². The Kier molecular flexibility index (Phi) is 4.20. The number of rotatable bonds is 5. The Hall–Kier alpha value is -1.84. The third-order valence-electron chi connectivity index (χ3n) is 2.97. The zero-order valence-corrected chi connectivity index (χ0v) is 11.7. The largest absolute Gasteiger partial charge is 0.298 e.